The van der Waals surface area contributed by atoms with Gasteiger partial charge in [0.15, 0.2) is 0 Å². The van der Waals surface area contributed by atoms with Crippen molar-refractivity contribution < 1.29 is 4.74 Å². The molecule has 1 fully saturated rings. The quantitative estimate of drug-likeness (QED) is 0.848. The number of nitrogens with two attached hydrogens (primary N) is 1. The van der Waals surface area contributed by atoms with Crippen molar-refractivity contribution in [3.05, 3.63) is 22.4 Å². The van der Waals surface area contributed by atoms with Gasteiger partial charge in [-0.05, 0) is 24.9 Å². The first-order valence-electron chi connectivity index (χ1n) is 5.81. The summed E-state index contributed by atoms with van der Waals surface area (Å²) in [6, 6.07) is 4.73. The lowest BCUT2D eigenvalue weighted by atomic mass is 9.98. The highest BCUT2D eigenvalue weighted by molar-refractivity contribution is 7.09. The van der Waals surface area contributed by atoms with E-state index in [0.29, 0.717) is 12.0 Å². The van der Waals surface area contributed by atoms with Gasteiger partial charge < -0.3 is 10.5 Å². The van der Waals surface area contributed by atoms with Crippen LogP contribution in [0.25, 0.3) is 0 Å². The van der Waals surface area contributed by atoms with Crippen molar-refractivity contribution in [2.24, 2.45) is 11.7 Å². The van der Waals surface area contributed by atoms with E-state index in [4.69, 9.17) is 10.5 Å². The minimum atomic E-state index is 0.449. The fraction of sp³-hybridized carbons (Fsp3) is 0.667. The van der Waals surface area contributed by atoms with Crippen molar-refractivity contribution in [1.29, 1.82) is 0 Å². The highest BCUT2D eigenvalue weighted by Crippen LogP contribution is 2.22. The summed E-state index contributed by atoms with van der Waals surface area (Å²) in [7, 11) is 2.16. The number of hydrogen-bond acceptors (Lipinski definition) is 4. The van der Waals surface area contributed by atoms with Gasteiger partial charge in [-0.25, -0.2) is 0 Å². The molecule has 1 aromatic heterocycles. The molecule has 0 aliphatic carbocycles. The Morgan fingerprint density at radius 2 is 2.56 bits per heavy atom. The van der Waals surface area contributed by atoms with Crippen LogP contribution in [0.15, 0.2) is 17.5 Å². The zero-order valence-electron chi connectivity index (χ0n) is 9.76. The second-order valence-electron chi connectivity index (χ2n) is 4.42. The smallest absolute Gasteiger partial charge is 0.0510 e. The van der Waals surface area contributed by atoms with E-state index in [2.05, 4.69) is 29.5 Å². The summed E-state index contributed by atoms with van der Waals surface area (Å²) in [5.41, 5.74) is 5.89. The van der Waals surface area contributed by atoms with Crippen molar-refractivity contribution >= 4 is 11.3 Å². The van der Waals surface area contributed by atoms with Crippen LogP contribution in [0.3, 0.4) is 0 Å². The van der Waals surface area contributed by atoms with E-state index in [1.807, 2.05) is 11.3 Å². The zero-order chi connectivity index (χ0) is 11.4. The average molecular weight is 240 g/mol. The molecule has 0 amide bonds. The maximum atomic E-state index is 5.89. The second kappa shape index (κ2) is 5.77. The van der Waals surface area contributed by atoms with Crippen LogP contribution < -0.4 is 5.73 Å². The Hall–Kier alpha value is -0.420. The van der Waals surface area contributed by atoms with Gasteiger partial charge in [0, 0.05) is 36.5 Å². The highest BCUT2D eigenvalue weighted by Gasteiger charge is 2.27. The molecule has 0 radical (unpaired) electrons. The lowest BCUT2D eigenvalue weighted by Gasteiger charge is -2.30. The second-order valence-corrected chi connectivity index (χ2v) is 5.45. The molecule has 90 valence electrons. The predicted octanol–water partition coefficient (Wildman–Crippen LogP) is 1.54. The molecular weight excluding hydrogens is 220 g/mol. The normalized spacial score (nSPS) is 22.8. The van der Waals surface area contributed by atoms with Gasteiger partial charge in [0.2, 0.25) is 0 Å². The molecule has 2 rings (SSSR count). The van der Waals surface area contributed by atoms with Gasteiger partial charge >= 0.3 is 0 Å². The molecule has 1 aliphatic heterocycles. The molecule has 2 heterocycles. The number of rotatable bonds is 5. The van der Waals surface area contributed by atoms with Gasteiger partial charge in [0.25, 0.3) is 0 Å². The van der Waals surface area contributed by atoms with E-state index in [-0.39, 0.29) is 0 Å². The third-order valence-electron chi connectivity index (χ3n) is 3.30. The Morgan fingerprint density at radius 3 is 3.12 bits per heavy atom. The molecule has 0 spiro atoms. The van der Waals surface area contributed by atoms with Crippen molar-refractivity contribution in [3.63, 3.8) is 0 Å². The van der Waals surface area contributed by atoms with E-state index in [1.165, 1.54) is 4.88 Å². The number of hydrogen-bond donors (Lipinski definition) is 1. The summed E-state index contributed by atoms with van der Waals surface area (Å²) in [4.78, 5) is 3.77. The molecule has 3 nitrogen and oxygen atoms in total. The third-order valence-corrected chi connectivity index (χ3v) is 4.16. The molecular formula is C12H20N2OS. The summed E-state index contributed by atoms with van der Waals surface area (Å²) in [5, 5.41) is 2.12. The first-order chi connectivity index (χ1) is 7.81. The minimum Gasteiger partial charge on any atom is -0.381 e. The van der Waals surface area contributed by atoms with Crippen LogP contribution >= 0.6 is 11.3 Å². The SMILES string of the molecule is CN(Cc1cccs1)C(CN)C1CCOC1. The fourth-order valence-corrected chi connectivity index (χ4v) is 3.12. The molecule has 1 aromatic rings. The monoisotopic (exact) mass is 240 g/mol. The van der Waals surface area contributed by atoms with Crippen molar-refractivity contribution in [2.75, 3.05) is 26.8 Å². The molecule has 2 atom stereocenters. The van der Waals surface area contributed by atoms with E-state index in [1.54, 1.807) is 0 Å². The van der Waals surface area contributed by atoms with E-state index < -0.39 is 0 Å². The fourth-order valence-electron chi connectivity index (χ4n) is 2.35. The number of ether oxygens (including phenoxy) is 1. The summed E-state index contributed by atoms with van der Waals surface area (Å²) in [5.74, 6) is 0.606. The molecule has 0 bridgehead atoms. The Morgan fingerprint density at radius 1 is 1.69 bits per heavy atom. The van der Waals surface area contributed by atoms with Gasteiger partial charge in [0.05, 0.1) is 6.61 Å². The van der Waals surface area contributed by atoms with Crippen molar-refractivity contribution in [2.45, 2.75) is 19.0 Å². The molecule has 0 aromatic carbocycles. The number of likely N-dealkylation sites (N-methyl/N-ethyl adjacent to an activating group) is 1. The van der Waals surface area contributed by atoms with Gasteiger partial charge in [-0.15, -0.1) is 11.3 Å². The Bertz CT molecular complexity index is 296. The summed E-state index contributed by atoms with van der Waals surface area (Å²) >= 11 is 1.81. The Labute approximate surface area is 101 Å². The van der Waals surface area contributed by atoms with Crippen molar-refractivity contribution in [3.8, 4) is 0 Å². The Balaban J connectivity index is 1.92. The number of thiophene rings is 1. The van der Waals surface area contributed by atoms with Crippen LogP contribution in [0, 0.1) is 5.92 Å². The van der Waals surface area contributed by atoms with Gasteiger partial charge in [-0.2, -0.15) is 0 Å². The van der Waals surface area contributed by atoms with Crippen LogP contribution in [0.5, 0.6) is 0 Å². The maximum Gasteiger partial charge on any atom is 0.0510 e. The summed E-state index contributed by atoms with van der Waals surface area (Å²) in [6.45, 7) is 3.48. The third kappa shape index (κ3) is 2.83. The standard InChI is InChI=1S/C12H20N2OS/c1-14(8-11-3-2-6-16-11)12(7-13)10-4-5-15-9-10/h2-3,6,10,12H,4-5,7-9,13H2,1H3. The van der Waals surface area contributed by atoms with Crippen LogP contribution in [0.2, 0.25) is 0 Å². The van der Waals surface area contributed by atoms with Gasteiger partial charge in [0.1, 0.15) is 0 Å². The number of nitrogens with zero attached hydrogens (tertiary/aromatic N) is 1. The topological polar surface area (TPSA) is 38.5 Å². The molecule has 16 heavy (non-hydrogen) atoms. The molecule has 1 saturated heterocycles. The zero-order valence-corrected chi connectivity index (χ0v) is 10.6. The maximum absolute atomic E-state index is 5.89. The lowest BCUT2D eigenvalue weighted by molar-refractivity contribution is 0.137. The van der Waals surface area contributed by atoms with Crippen LogP contribution in [-0.4, -0.2) is 37.7 Å². The molecule has 0 saturated carbocycles. The van der Waals surface area contributed by atoms with Crippen LogP contribution in [0.1, 0.15) is 11.3 Å². The molecule has 1 aliphatic rings. The first kappa shape index (κ1) is 12.0. The van der Waals surface area contributed by atoms with E-state index >= 15 is 0 Å². The van der Waals surface area contributed by atoms with Crippen LogP contribution in [-0.2, 0) is 11.3 Å². The predicted molar refractivity (Wildman–Crippen MR) is 67.6 cm³/mol. The van der Waals surface area contributed by atoms with Gasteiger partial charge in [-0.1, -0.05) is 6.07 Å². The summed E-state index contributed by atoms with van der Waals surface area (Å²) < 4.78 is 5.45. The molecule has 2 N–H and O–H groups in total. The average Bonchev–Trinajstić information content (AvgIpc) is 2.91. The minimum absolute atomic E-state index is 0.449. The van der Waals surface area contributed by atoms with E-state index in [9.17, 15) is 0 Å². The largest absolute Gasteiger partial charge is 0.381 e. The van der Waals surface area contributed by atoms with Gasteiger partial charge in [-0.3, -0.25) is 4.90 Å². The van der Waals surface area contributed by atoms with E-state index in [0.717, 1.165) is 32.7 Å². The Kier molecular flexibility index (Phi) is 4.35. The van der Waals surface area contributed by atoms with Crippen molar-refractivity contribution in [1.82, 2.24) is 4.90 Å². The first-order valence-corrected chi connectivity index (χ1v) is 6.69. The lowest BCUT2D eigenvalue weighted by Crippen LogP contribution is -2.43. The molecule has 2 unspecified atom stereocenters. The van der Waals surface area contributed by atoms with Crippen LogP contribution in [0.4, 0.5) is 0 Å². The molecule has 4 heteroatoms. The summed E-state index contributed by atoms with van der Waals surface area (Å²) in [6.07, 6.45) is 1.15. The highest BCUT2D eigenvalue weighted by atomic mass is 32.1.